The molecule has 1 aliphatic rings. The number of benzene rings is 2. The Kier molecular flexibility index (Phi) is 5.29. The molecule has 0 atom stereocenters. The van der Waals surface area contributed by atoms with Crippen molar-refractivity contribution in [2.24, 2.45) is 0 Å². The Balaban J connectivity index is 1.25. The number of fused-ring (bicyclic) bond motifs is 1. The second-order valence-corrected chi connectivity index (χ2v) is 8.31. The van der Waals surface area contributed by atoms with Crippen molar-refractivity contribution in [1.29, 1.82) is 0 Å². The Labute approximate surface area is 187 Å². The van der Waals surface area contributed by atoms with Gasteiger partial charge in [-0.3, -0.25) is 9.69 Å². The van der Waals surface area contributed by atoms with Crippen LogP contribution < -0.4 is 5.32 Å². The Hall–Kier alpha value is -3.77. The Bertz CT molecular complexity index is 1260. The van der Waals surface area contributed by atoms with E-state index in [2.05, 4.69) is 56.7 Å². The van der Waals surface area contributed by atoms with Crippen molar-refractivity contribution < 1.29 is 4.79 Å². The lowest BCUT2D eigenvalue weighted by atomic mass is 10.1. The summed E-state index contributed by atoms with van der Waals surface area (Å²) in [7, 11) is 0. The fraction of sp³-hybridized carbons (Fsp3) is 0.192. The van der Waals surface area contributed by atoms with E-state index in [1.165, 1.54) is 16.7 Å². The molecule has 5 rings (SSSR count). The van der Waals surface area contributed by atoms with E-state index in [4.69, 9.17) is 0 Å². The molecule has 1 amide bonds. The lowest BCUT2D eigenvalue weighted by Crippen LogP contribution is -2.15. The molecule has 0 unspecified atom stereocenters. The number of hydrogen-bond donors (Lipinski definition) is 1. The molecule has 4 aromatic rings. The second kappa shape index (κ2) is 8.40. The maximum atomic E-state index is 12.8. The van der Waals surface area contributed by atoms with E-state index < -0.39 is 0 Å². The van der Waals surface area contributed by atoms with Gasteiger partial charge in [-0.05, 0) is 60.9 Å². The maximum absolute atomic E-state index is 12.8. The average Bonchev–Trinajstić information content (AvgIpc) is 3.35. The maximum Gasteiger partial charge on any atom is 0.257 e. The van der Waals surface area contributed by atoms with Crippen molar-refractivity contribution in [1.82, 2.24) is 19.7 Å². The van der Waals surface area contributed by atoms with Crippen LogP contribution in [0, 0.1) is 13.8 Å². The molecule has 1 aliphatic heterocycles. The van der Waals surface area contributed by atoms with Gasteiger partial charge in [0.2, 0.25) is 0 Å². The van der Waals surface area contributed by atoms with E-state index in [1.54, 1.807) is 16.9 Å². The lowest BCUT2D eigenvalue weighted by Gasteiger charge is -2.14. The van der Waals surface area contributed by atoms with Gasteiger partial charge in [0.1, 0.15) is 0 Å². The third kappa shape index (κ3) is 4.18. The molecular formula is C26H25N5O. The first-order valence-corrected chi connectivity index (χ1v) is 10.7. The number of pyridine rings is 1. The largest absolute Gasteiger partial charge is 0.322 e. The molecule has 32 heavy (non-hydrogen) atoms. The predicted octanol–water partition coefficient (Wildman–Crippen LogP) is 4.65. The highest BCUT2D eigenvalue weighted by atomic mass is 16.1. The van der Waals surface area contributed by atoms with Crippen LogP contribution in [0.5, 0.6) is 0 Å². The fourth-order valence-electron chi connectivity index (χ4n) is 4.21. The zero-order valence-electron chi connectivity index (χ0n) is 18.2. The normalized spacial score (nSPS) is 13.2. The summed E-state index contributed by atoms with van der Waals surface area (Å²) >= 11 is 0. The zero-order chi connectivity index (χ0) is 22.1. The van der Waals surface area contributed by atoms with Crippen LogP contribution in [0.15, 0.2) is 72.9 Å². The molecule has 0 saturated heterocycles. The van der Waals surface area contributed by atoms with Gasteiger partial charge in [-0.2, -0.15) is 5.10 Å². The van der Waals surface area contributed by atoms with Crippen LogP contribution in [-0.2, 0) is 19.6 Å². The summed E-state index contributed by atoms with van der Waals surface area (Å²) in [5, 5.41) is 7.45. The van der Waals surface area contributed by atoms with Crippen LogP contribution in [0.3, 0.4) is 0 Å². The molecule has 1 N–H and O–H groups in total. The molecule has 2 aromatic heterocycles. The van der Waals surface area contributed by atoms with Gasteiger partial charge < -0.3 is 5.32 Å². The summed E-state index contributed by atoms with van der Waals surface area (Å²) in [4.78, 5) is 19.6. The van der Waals surface area contributed by atoms with Crippen molar-refractivity contribution in [2.45, 2.75) is 33.5 Å². The highest BCUT2D eigenvalue weighted by Gasteiger charge is 2.20. The summed E-state index contributed by atoms with van der Waals surface area (Å²) in [5.41, 5.74) is 7.15. The average molecular weight is 424 g/mol. The summed E-state index contributed by atoms with van der Waals surface area (Å²) in [6.45, 7) is 6.66. The van der Waals surface area contributed by atoms with E-state index in [9.17, 15) is 4.79 Å². The number of nitrogens with zero attached hydrogens (tertiary/aromatic N) is 4. The first kappa shape index (κ1) is 20.2. The van der Waals surface area contributed by atoms with Gasteiger partial charge in [0, 0.05) is 37.2 Å². The van der Waals surface area contributed by atoms with Gasteiger partial charge in [0.05, 0.1) is 11.3 Å². The van der Waals surface area contributed by atoms with Crippen molar-refractivity contribution in [3.8, 4) is 5.82 Å². The van der Waals surface area contributed by atoms with Crippen molar-refractivity contribution in [3.63, 3.8) is 0 Å². The van der Waals surface area contributed by atoms with Crippen LogP contribution in [0.1, 0.15) is 38.4 Å². The molecule has 0 saturated carbocycles. The highest BCUT2D eigenvalue weighted by Crippen LogP contribution is 2.27. The molecule has 3 heterocycles. The number of nitrogens with one attached hydrogen (secondary N) is 1. The number of rotatable bonds is 5. The highest BCUT2D eigenvalue weighted by molar-refractivity contribution is 6.04. The number of anilines is 1. The van der Waals surface area contributed by atoms with Crippen LogP contribution in [0.2, 0.25) is 0 Å². The number of aryl methyl sites for hydroxylation is 2. The Morgan fingerprint density at radius 1 is 0.969 bits per heavy atom. The predicted molar refractivity (Wildman–Crippen MR) is 125 cm³/mol. The van der Waals surface area contributed by atoms with E-state index >= 15 is 0 Å². The first-order valence-electron chi connectivity index (χ1n) is 10.7. The van der Waals surface area contributed by atoms with Crippen LogP contribution in [0.4, 0.5) is 5.69 Å². The molecule has 0 bridgehead atoms. The SMILES string of the molecule is Cc1cc(C)n(-c2ccc(C(=O)Nc3ccc4c(c3)CN(Cc3ccccc3)C4)cn2)n1. The lowest BCUT2D eigenvalue weighted by molar-refractivity contribution is 0.102. The van der Waals surface area contributed by atoms with Crippen LogP contribution in [0.25, 0.3) is 5.82 Å². The smallest absolute Gasteiger partial charge is 0.257 e. The quantitative estimate of drug-likeness (QED) is 0.507. The number of amides is 1. The number of hydrogen-bond acceptors (Lipinski definition) is 4. The van der Waals surface area contributed by atoms with Gasteiger partial charge in [-0.25, -0.2) is 9.67 Å². The molecule has 0 aliphatic carbocycles. The van der Waals surface area contributed by atoms with Crippen LogP contribution in [-0.4, -0.2) is 25.6 Å². The first-order chi connectivity index (χ1) is 15.5. The Morgan fingerprint density at radius 2 is 1.78 bits per heavy atom. The molecule has 160 valence electrons. The van der Waals surface area contributed by atoms with Crippen molar-refractivity contribution in [2.75, 3.05) is 5.32 Å². The monoisotopic (exact) mass is 423 g/mol. The van der Waals surface area contributed by atoms with Crippen molar-refractivity contribution >= 4 is 11.6 Å². The van der Waals surface area contributed by atoms with Crippen LogP contribution >= 0.6 is 0 Å². The number of carbonyl (C=O) groups excluding carboxylic acids is 1. The number of aromatic nitrogens is 3. The Morgan fingerprint density at radius 3 is 2.50 bits per heavy atom. The number of carbonyl (C=O) groups is 1. The van der Waals surface area contributed by atoms with E-state index in [-0.39, 0.29) is 5.91 Å². The molecule has 6 nitrogen and oxygen atoms in total. The molecule has 0 fully saturated rings. The van der Waals surface area contributed by atoms with Crippen molar-refractivity contribution in [3.05, 3.63) is 107 Å². The molecule has 0 radical (unpaired) electrons. The molecular weight excluding hydrogens is 398 g/mol. The summed E-state index contributed by atoms with van der Waals surface area (Å²) in [6, 6.07) is 22.3. The standard InChI is InChI=1S/C26H25N5O/c1-18-12-19(2)31(29-18)25-11-9-21(14-27-25)26(32)28-24-10-8-22-16-30(17-23(22)13-24)15-20-6-4-3-5-7-20/h3-14H,15-17H2,1-2H3,(H,28,32). The molecule has 2 aromatic carbocycles. The second-order valence-electron chi connectivity index (χ2n) is 8.31. The van der Waals surface area contributed by atoms with Gasteiger partial charge >= 0.3 is 0 Å². The minimum absolute atomic E-state index is 0.170. The zero-order valence-corrected chi connectivity index (χ0v) is 18.2. The van der Waals surface area contributed by atoms with E-state index in [1.807, 2.05) is 38.1 Å². The minimum Gasteiger partial charge on any atom is -0.322 e. The van der Waals surface area contributed by atoms with Gasteiger partial charge in [0.25, 0.3) is 5.91 Å². The van der Waals surface area contributed by atoms with Gasteiger partial charge in [0.15, 0.2) is 5.82 Å². The molecule has 6 heteroatoms. The third-order valence-electron chi connectivity index (χ3n) is 5.74. The fourth-order valence-corrected chi connectivity index (χ4v) is 4.21. The van der Waals surface area contributed by atoms with Gasteiger partial charge in [-0.1, -0.05) is 36.4 Å². The summed E-state index contributed by atoms with van der Waals surface area (Å²) in [5.74, 6) is 0.527. The third-order valence-corrected chi connectivity index (χ3v) is 5.74. The molecule has 0 spiro atoms. The topological polar surface area (TPSA) is 63.1 Å². The summed E-state index contributed by atoms with van der Waals surface area (Å²) < 4.78 is 1.78. The van der Waals surface area contributed by atoms with Gasteiger partial charge in [-0.15, -0.1) is 0 Å². The van der Waals surface area contributed by atoms with E-state index in [0.717, 1.165) is 36.7 Å². The van der Waals surface area contributed by atoms with E-state index in [0.29, 0.717) is 11.4 Å². The minimum atomic E-state index is -0.170. The summed E-state index contributed by atoms with van der Waals surface area (Å²) in [6.07, 6.45) is 1.59.